The highest BCUT2D eigenvalue weighted by molar-refractivity contribution is 6.06. The minimum atomic E-state index is -0.876. The highest BCUT2D eigenvalue weighted by atomic mass is 16.5. The zero-order valence-corrected chi connectivity index (χ0v) is 13.2. The molecule has 22 heavy (non-hydrogen) atoms. The van der Waals surface area contributed by atoms with Crippen LogP contribution in [0.15, 0.2) is 24.3 Å². The Bertz CT molecular complexity index is 544. The third-order valence-corrected chi connectivity index (χ3v) is 3.98. The van der Waals surface area contributed by atoms with Crippen LogP contribution in [0.4, 0.5) is 5.69 Å². The fourth-order valence-corrected chi connectivity index (χ4v) is 2.68. The van der Waals surface area contributed by atoms with E-state index >= 15 is 0 Å². The molecule has 0 spiro atoms. The lowest BCUT2D eigenvalue weighted by atomic mass is 9.97. The Morgan fingerprint density at radius 1 is 1.32 bits per heavy atom. The lowest BCUT2D eigenvalue weighted by Crippen LogP contribution is -2.55. The van der Waals surface area contributed by atoms with Crippen LogP contribution in [-0.4, -0.2) is 44.7 Å². The van der Waals surface area contributed by atoms with E-state index in [4.69, 9.17) is 9.47 Å². The van der Waals surface area contributed by atoms with Crippen molar-refractivity contribution >= 4 is 17.5 Å². The summed E-state index contributed by atoms with van der Waals surface area (Å²) in [6, 6.07) is 7.15. The molecule has 6 heteroatoms. The van der Waals surface area contributed by atoms with E-state index in [1.54, 1.807) is 50.3 Å². The molecule has 1 atom stereocenters. The van der Waals surface area contributed by atoms with Crippen LogP contribution in [0.2, 0.25) is 0 Å². The molecule has 1 aromatic carbocycles. The quantitative estimate of drug-likeness (QED) is 0.806. The zero-order chi connectivity index (χ0) is 16.2. The predicted octanol–water partition coefficient (Wildman–Crippen LogP) is 1.34. The number of methoxy groups -OCH3 is 2. The van der Waals surface area contributed by atoms with Crippen molar-refractivity contribution < 1.29 is 19.1 Å². The Balaban J connectivity index is 2.22. The average Bonchev–Trinajstić information content (AvgIpc) is 2.84. The number of rotatable bonds is 6. The van der Waals surface area contributed by atoms with Gasteiger partial charge in [0, 0.05) is 25.8 Å². The molecule has 1 fully saturated rings. The lowest BCUT2D eigenvalue weighted by molar-refractivity contribution is -0.127. The van der Waals surface area contributed by atoms with Crippen LogP contribution in [-0.2, 0) is 14.3 Å². The number of ether oxygens (including phenoxy) is 2. The summed E-state index contributed by atoms with van der Waals surface area (Å²) in [4.78, 5) is 26.4. The van der Waals surface area contributed by atoms with Crippen LogP contribution in [0.1, 0.15) is 19.8 Å². The van der Waals surface area contributed by atoms with Crippen LogP contribution in [0.3, 0.4) is 0 Å². The van der Waals surface area contributed by atoms with Crippen molar-refractivity contribution in [1.82, 2.24) is 5.32 Å². The predicted molar refractivity (Wildman–Crippen MR) is 83.0 cm³/mol. The number of anilines is 1. The maximum atomic E-state index is 12.5. The SMILES string of the molecule is COCCNC(=O)[C@]1(C)CCC(=O)N1c1ccc(OC)cc1. The maximum absolute atomic E-state index is 12.5. The number of nitrogens with zero attached hydrogens (tertiary/aromatic N) is 1. The van der Waals surface area contributed by atoms with Gasteiger partial charge in [0.05, 0.1) is 13.7 Å². The average molecular weight is 306 g/mol. The standard InChI is InChI=1S/C16H22N2O4/c1-16(15(20)17-10-11-21-2)9-8-14(19)18(16)12-4-6-13(22-3)7-5-12/h4-7H,8-11H2,1-3H3,(H,17,20)/t16-/m0/s1. The van der Waals surface area contributed by atoms with Crippen molar-refractivity contribution in [2.75, 3.05) is 32.3 Å². The third kappa shape index (κ3) is 3.06. The number of hydrogen-bond donors (Lipinski definition) is 1. The second kappa shape index (κ2) is 6.79. The Hall–Kier alpha value is -2.08. The van der Waals surface area contributed by atoms with Crippen molar-refractivity contribution in [2.24, 2.45) is 0 Å². The van der Waals surface area contributed by atoms with Crippen LogP contribution in [0, 0.1) is 0 Å². The fourth-order valence-electron chi connectivity index (χ4n) is 2.68. The monoisotopic (exact) mass is 306 g/mol. The summed E-state index contributed by atoms with van der Waals surface area (Å²) < 4.78 is 10.1. The maximum Gasteiger partial charge on any atom is 0.246 e. The zero-order valence-electron chi connectivity index (χ0n) is 13.2. The fraction of sp³-hybridized carbons (Fsp3) is 0.500. The van der Waals surface area contributed by atoms with Crippen LogP contribution in [0.5, 0.6) is 5.75 Å². The summed E-state index contributed by atoms with van der Waals surface area (Å²) in [6.07, 6.45) is 0.858. The Morgan fingerprint density at radius 3 is 2.59 bits per heavy atom. The van der Waals surface area contributed by atoms with Gasteiger partial charge in [-0.25, -0.2) is 0 Å². The second-order valence-electron chi connectivity index (χ2n) is 5.45. The molecule has 0 radical (unpaired) electrons. The molecule has 0 aliphatic carbocycles. The van der Waals surface area contributed by atoms with Crippen molar-refractivity contribution in [2.45, 2.75) is 25.3 Å². The molecular weight excluding hydrogens is 284 g/mol. The van der Waals surface area contributed by atoms with Gasteiger partial charge in [-0.05, 0) is 37.6 Å². The summed E-state index contributed by atoms with van der Waals surface area (Å²) in [7, 11) is 3.17. The number of nitrogens with one attached hydrogen (secondary N) is 1. The van der Waals surface area contributed by atoms with Crippen LogP contribution < -0.4 is 15.0 Å². The first-order chi connectivity index (χ1) is 10.5. The highest BCUT2D eigenvalue weighted by Crippen LogP contribution is 2.35. The Kier molecular flexibility index (Phi) is 5.03. The van der Waals surface area contributed by atoms with Gasteiger partial charge in [-0.1, -0.05) is 0 Å². The first-order valence-electron chi connectivity index (χ1n) is 7.27. The van der Waals surface area contributed by atoms with E-state index in [1.807, 2.05) is 0 Å². The summed E-state index contributed by atoms with van der Waals surface area (Å²) >= 11 is 0. The molecule has 0 bridgehead atoms. The number of carbonyl (C=O) groups excluding carboxylic acids is 2. The number of benzene rings is 1. The van der Waals surface area contributed by atoms with Crippen molar-refractivity contribution in [1.29, 1.82) is 0 Å². The molecular formula is C16H22N2O4. The van der Waals surface area contributed by atoms with Gasteiger partial charge in [0.2, 0.25) is 11.8 Å². The van der Waals surface area contributed by atoms with Gasteiger partial charge >= 0.3 is 0 Å². The molecule has 0 unspecified atom stereocenters. The molecule has 0 saturated carbocycles. The summed E-state index contributed by atoms with van der Waals surface area (Å²) in [6.45, 7) is 2.66. The number of amides is 2. The first-order valence-corrected chi connectivity index (χ1v) is 7.27. The van der Waals surface area contributed by atoms with Crippen molar-refractivity contribution in [3.63, 3.8) is 0 Å². The Labute approximate surface area is 130 Å². The van der Waals surface area contributed by atoms with Crippen LogP contribution >= 0.6 is 0 Å². The van der Waals surface area contributed by atoms with E-state index in [-0.39, 0.29) is 11.8 Å². The third-order valence-electron chi connectivity index (χ3n) is 3.98. The molecule has 1 saturated heterocycles. The van der Waals surface area contributed by atoms with Crippen molar-refractivity contribution in [3.05, 3.63) is 24.3 Å². The van der Waals surface area contributed by atoms with E-state index in [1.165, 1.54) is 0 Å². The minimum Gasteiger partial charge on any atom is -0.497 e. The van der Waals surface area contributed by atoms with Gasteiger partial charge in [-0.3, -0.25) is 14.5 Å². The molecule has 1 aromatic rings. The van der Waals surface area contributed by atoms with Gasteiger partial charge < -0.3 is 14.8 Å². The molecule has 2 rings (SSSR count). The molecule has 1 aliphatic rings. The normalized spacial score (nSPS) is 21.0. The highest BCUT2D eigenvalue weighted by Gasteiger charge is 2.47. The number of carbonyl (C=O) groups is 2. The summed E-state index contributed by atoms with van der Waals surface area (Å²) in [5.41, 5.74) is -0.174. The molecule has 1 N–H and O–H groups in total. The van der Waals surface area contributed by atoms with Crippen LogP contribution in [0.25, 0.3) is 0 Å². The largest absolute Gasteiger partial charge is 0.497 e. The number of hydrogen-bond acceptors (Lipinski definition) is 4. The van der Waals surface area contributed by atoms with Gasteiger partial charge in [0.1, 0.15) is 11.3 Å². The van der Waals surface area contributed by atoms with Crippen molar-refractivity contribution in [3.8, 4) is 5.75 Å². The first kappa shape index (κ1) is 16.3. The van der Waals surface area contributed by atoms with E-state index < -0.39 is 5.54 Å². The second-order valence-corrected chi connectivity index (χ2v) is 5.45. The molecule has 120 valence electrons. The molecule has 1 heterocycles. The molecule has 1 aliphatic heterocycles. The van der Waals surface area contributed by atoms with Gasteiger partial charge in [0.15, 0.2) is 0 Å². The molecule has 2 amide bonds. The molecule has 0 aromatic heterocycles. The van der Waals surface area contributed by atoms with E-state index in [2.05, 4.69) is 5.32 Å². The van der Waals surface area contributed by atoms with E-state index in [9.17, 15) is 9.59 Å². The smallest absolute Gasteiger partial charge is 0.246 e. The lowest BCUT2D eigenvalue weighted by Gasteiger charge is -2.34. The summed E-state index contributed by atoms with van der Waals surface area (Å²) in [5, 5.41) is 2.83. The minimum absolute atomic E-state index is 0.0467. The van der Waals surface area contributed by atoms with E-state index in [0.29, 0.717) is 37.4 Å². The van der Waals surface area contributed by atoms with Gasteiger partial charge in [-0.15, -0.1) is 0 Å². The Morgan fingerprint density at radius 2 is 2.00 bits per heavy atom. The van der Waals surface area contributed by atoms with Gasteiger partial charge in [0.25, 0.3) is 0 Å². The van der Waals surface area contributed by atoms with Gasteiger partial charge in [-0.2, -0.15) is 0 Å². The molecule has 6 nitrogen and oxygen atoms in total. The topological polar surface area (TPSA) is 67.9 Å². The van der Waals surface area contributed by atoms with E-state index in [0.717, 1.165) is 0 Å². The summed E-state index contributed by atoms with van der Waals surface area (Å²) in [5.74, 6) is 0.502.